The normalized spacial score (nSPS) is 10.2. The summed E-state index contributed by atoms with van der Waals surface area (Å²) in [4.78, 5) is 8.28. The Morgan fingerprint density at radius 3 is 2.17 bits per heavy atom. The zero-order valence-corrected chi connectivity index (χ0v) is 9.56. The molecule has 0 fully saturated rings. The maximum atomic E-state index is 4.32. The van der Waals surface area contributed by atoms with Crippen LogP contribution in [0.25, 0.3) is 22.6 Å². The second kappa shape index (κ2) is 4.71. The molecular formula is C14H10N4. The number of nitrogens with zero attached hydrogens (tertiary/aromatic N) is 4. The fourth-order valence-electron chi connectivity index (χ4n) is 1.65. The van der Waals surface area contributed by atoms with E-state index in [1.807, 2.05) is 42.5 Å². The molecular weight excluding hydrogens is 224 g/mol. The van der Waals surface area contributed by atoms with E-state index >= 15 is 0 Å². The third-order valence-electron chi connectivity index (χ3n) is 2.57. The van der Waals surface area contributed by atoms with E-state index < -0.39 is 0 Å². The average Bonchev–Trinajstić information content (AvgIpc) is 2.49. The molecule has 0 spiro atoms. The predicted molar refractivity (Wildman–Crippen MR) is 68.5 cm³/mol. The van der Waals surface area contributed by atoms with Gasteiger partial charge in [-0.15, -0.1) is 10.2 Å². The Morgan fingerprint density at radius 2 is 1.50 bits per heavy atom. The zero-order chi connectivity index (χ0) is 12.2. The summed E-state index contributed by atoms with van der Waals surface area (Å²) in [6.07, 6.45) is 5.16. The summed E-state index contributed by atoms with van der Waals surface area (Å²) in [7, 11) is 0. The Bertz CT molecular complexity index is 562. The van der Waals surface area contributed by atoms with Gasteiger partial charge in [0.15, 0.2) is 5.82 Å². The van der Waals surface area contributed by atoms with Gasteiger partial charge < -0.3 is 0 Å². The van der Waals surface area contributed by atoms with Gasteiger partial charge in [-0.2, -0.15) is 0 Å². The third kappa shape index (κ3) is 2.08. The van der Waals surface area contributed by atoms with Gasteiger partial charge in [-0.25, -0.2) is 4.98 Å². The molecule has 3 aromatic rings. The Balaban J connectivity index is 1.95. The van der Waals surface area contributed by atoms with E-state index in [1.165, 1.54) is 0 Å². The molecule has 0 N–H and O–H groups in total. The fraction of sp³-hybridized carbons (Fsp3) is 0. The van der Waals surface area contributed by atoms with Crippen LogP contribution in [0.2, 0.25) is 0 Å². The van der Waals surface area contributed by atoms with Gasteiger partial charge in [0.2, 0.25) is 0 Å². The molecule has 0 aliphatic rings. The number of hydrogen-bond acceptors (Lipinski definition) is 4. The number of pyridine rings is 1. The second-order valence-electron chi connectivity index (χ2n) is 3.77. The first-order valence-corrected chi connectivity index (χ1v) is 5.59. The highest BCUT2D eigenvalue weighted by Crippen LogP contribution is 2.16. The van der Waals surface area contributed by atoms with Gasteiger partial charge >= 0.3 is 0 Å². The lowest BCUT2D eigenvalue weighted by Crippen LogP contribution is -1.94. The highest BCUT2D eigenvalue weighted by atomic mass is 15.2. The molecule has 86 valence electrons. The van der Waals surface area contributed by atoms with Gasteiger partial charge in [-0.3, -0.25) is 4.98 Å². The molecule has 3 rings (SSSR count). The van der Waals surface area contributed by atoms with Gasteiger partial charge in [0.05, 0.1) is 6.20 Å². The average molecular weight is 234 g/mol. The van der Waals surface area contributed by atoms with Crippen molar-refractivity contribution in [2.45, 2.75) is 0 Å². The van der Waals surface area contributed by atoms with Gasteiger partial charge in [0.25, 0.3) is 0 Å². The maximum Gasteiger partial charge on any atom is 0.181 e. The lowest BCUT2D eigenvalue weighted by molar-refractivity contribution is 0.986. The monoisotopic (exact) mass is 234 g/mol. The Labute approximate surface area is 104 Å². The van der Waals surface area contributed by atoms with Gasteiger partial charge in [-0.1, -0.05) is 30.3 Å². The first-order valence-electron chi connectivity index (χ1n) is 5.59. The van der Waals surface area contributed by atoms with Crippen LogP contribution in [0.3, 0.4) is 0 Å². The smallest absolute Gasteiger partial charge is 0.181 e. The SMILES string of the molecule is c1ccc(-c2cnc(-c3ccncc3)nn2)cc1. The minimum atomic E-state index is 0.608. The standard InChI is InChI=1S/C14H10N4/c1-2-4-11(5-3-1)13-10-16-14(18-17-13)12-6-8-15-9-7-12/h1-10H. The molecule has 0 unspecified atom stereocenters. The number of rotatable bonds is 2. The predicted octanol–water partition coefficient (Wildman–Crippen LogP) is 2.60. The quantitative estimate of drug-likeness (QED) is 0.684. The van der Waals surface area contributed by atoms with Crippen molar-refractivity contribution in [3.8, 4) is 22.6 Å². The van der Waals surface area contributed by atoms with Crippen LogP contribution in [0.15, 0.2) is 61.1 Å². The number of hydrogen-bond donors (Lipinski definition) is 0. The molecule has 18 heavy (non-hydrogen) atoms. The van der Waals surface area contributed by atoms with E-state index in [2.05, 4.69) is 20.2 Å². The Morgan fingerprint density at radius 1 is 0.722 bits per heavy atom. The van der Waals surface area contributed by atoms with E-state index in [0.717, 1.165) is 16.8 Å². The fourth-order valence-corrected chi connectivity index (χ4v) is 1.65. The van der Waals surface area contributed by atoms with Crippen LogP contribution in [-0.4, -0.2) is 20.2 Å². The van der Waals surface area contributed by atoms with Crippen molar-refractivity contribution in [3.63, 3.8) is 0 Å². The number of benzene rings is 1. The topological polar surface area (TPSA) is 51.6 Å². The molecule has 0 saturated heterocycles. The van der Waals surface area contributed by atoms with E-state index in [1.54, 1.807) is 18.6 Å². The van der Waals surface area contributed by atoms with Crippen molar-refractivity contribution >= 4 is 0 Å². The molecule has 0 amide bonds. The lowest BCUT2D eigenvalue weighted by atomic mass is 10.2. The summed E-state index contributed by atoms with van der Waals surface area (Å²) < 4.78 is 0. The molecule has 4 nitrogen and oxygen atoms in total. The maximum absolute atomic E-state index is 4.32. The molecule has 0 atom stereocenters. The van der Waals surface area contributed by atoms with Crippen molar-refractivity contribution in [1.29, 1.82) is 0 Å². The highest BCUT2D eigenvalue weighted by Gasteiger charge is 2.03. The second-order valence-corrected chi connectivity index (χ2v) is 3.77. The van der Waals surface area contributed by atoms with Crippen molar-refractivity contribution in [1.82, 2.24) is 20.2 Å². The molecule has 0 aliphatic heterocycles. The van der Waals surface area contributed by atoms with Crippen LogP contribution < -0.4 is 0 Å². The van der Waals surface area contributed by atoms with Crippen LogP contribution in [0, 0.1) is 0 Å². The summed E-state index contributed by atoms with van der Waals surface area (Å²) >= 11 is 0. The number of aromatic nitrogens is 4. The summed E-state index contributed by atoms with van der Waals surface area (Å²) in [5.41, 5.74) is 2.70. The summed E-state index contributed by atoms with van der Waals surface area (Å²) in [5.74, 6) is 0.608. The van der Waals surface area contributed by atoms with Gasteiger partial charge in [0, 0.05) is 23.5 Å². The van der Waals surface area contributed by atoms with E-state index in [0.29, 0.717) is 5.82 Å². The van der Waals surface area contributed by atoms with Crippen molar-refractivity contribution < 1.29 is 0 Å². The van der Waals surface area contributed by atoms with E-state index in [-0.39, 0.29) is 0 Å². The van der Waals surface area contributed by atoms with Crippen LogP contribution in [0.1, 0.15) is 0 Å². The minimum Gasteiger partial charge on any atom is -0.265 e. The lowest BCUT2D eigenvalue weighted by Gasteiger charge is -2.01. The molecule has 2 heterocycles. The summed E-state index contributed by atoms with van der Waals surface area (Å²) in [6, 6.07) is 13.6. The minimum absolute atomic E-state index is 0.608. The molecule has 2 aromatic heterocycles. The Kier molecular flexibility index (Phi) is 2.75. The van der Waals surface area contributed by atoms with Crippen LogP contribution in [0.5, 0.6) is 0 Å². The van der Waals surface area contributed by atoms with E-state index in [9.17, 15) is 0 Å². The van der Waals surface area contributed by atoms with Crippen LogP contribution >= 0.6 is 0 Å². The molecule has 1 aromatic carbocycles. The highest BCUT2D eigenvalue weighted by molar-refractivity contribution is 5.59. The van der Waals surface area contributed by atoms with Crippen molar-refractivity contribution in [3.05, 3.63) is 61.1 Å². The van der Waals surface area contributed by atoms with E-state index in [4.69, 9.17) is 0 Å². The van der Waals surface area contributed by atoms with Gasteiger partial charge in [0.1, 0.15) is 5.69 Å². The molecule has 4 heteroatoms. The largest absolute Gasteiger partial charge is 0.265 e. The summed E-state index contributed by atoms with van der Waals surface area (Å²) in [6.45, 7) is 0. The zero-order valence-electron chi connectivity index (χ0n) is 9.56. The molecule has 0 saturated carbocycles. The first-order chi connectivity index (χ1) is 8.93. The van der Waals surface area contributed by atoms with Gasteiger partial charge in [-0.05, 0) is 12.1 Å². The summed E-state index contributed by atoms with van der Waals surface area (Å²) in [5, 5.41) is 8.33. The Hall–Kier alpha value is -2.62. The molecule has 0 radical (unpaired) electrons. The van der Waals surface area contributed by atoms with Crippen molar-refractivity contribution in [2.75, 3.05) is 0 Å². The molecule has 0 aliphatic carbocycles. The van der Waals surface area contributed by atoms with Crippen molar-refractivity contribution in [2.24, 2.45) is 0 Å². The first kappa shape index (κ1) is 10.5. The van der Waals surface area contributed by atoms with Crippen LogP contribution in [-0.2, 0) is 0 Å². The third-order valence-corrected chi connectivity index (χ3v) is 2.57. The molecule has 0 bridgehead atoms. The van der Waals surface area contributed by atoms with Crippen LogP contribution in [0.4, 0.5) is 0 Å².